The molecule has 0 spiro atoms. The van der Waals surface area contributed by atoms with Crippen LogP contribution in [0.15, 0.2) is 5.38 Å². The molecule has 2 heterocycles. The lowest BCUT2D eigenvalue weighted by molar-refractivity contribution is -0.123. The van der Waals surface area contributed by atoms with Gasteiger partial charge in [0.05, 0.1) is 11.7 Å². The number of aromatic nitrogens is 5. The Morgan fingerprint density at radius 2 is 2.24 bits per heavy atom. The van der Waals surface area contributed by atoms with E-state index in [1.165, 1.54) is 24.2 Å². The first-order valence-electron chi connectivity index (χ1n) is 8.43. The lowest BCUT2D eigenvalue weighted by atomic mass is 10.1. The van der Waals surface area contributed by atoms with Crippen LogP contribution < -0.4 is 10.6 Å². The van der Waals surface area contributed by atoms with Gasteiger partial charge in [0, 0.05) is 24.9 Å². The van der Waals surface area contributed by atoms with E-state index in [2.05, 4.69) is 31.1 Å². The molecule has 1 aliphatic carbocycles. The Morgan fingerprint density at radius 3 is 2.88 bits per heavy atom. The number of nitrogens with one attached hydrogen (secondary N) is 2. The molecule has 1 fully saturated rings. The summed E-state index contributed by atoms with van der Waals surface area (Å²) < 4.78 is 2.38. The number of carbonyl (C=O) groups is 1. The molecule has 25 heavy (non-hydrogen) atoms. The highest BCUT2D eigenvalue weighted by Gasteiger charge is 2.29. The van der Waals surface area contributed by atoms with Crippen molar-refractivity contribution < 1.29 is 4.79 Å². The van der Waals surface area contributed by atoms with E-state index in [1.54, 1.807) is 7.05 Å². The Morgan fingerprint density at radius 1 is 1.48 bits per heavy atom. The van der Waals surface area contributed by atoms with Crippen molar-refractivity contribution in [2.24, 2.45) is 5.92 Å². The van der Waals surface area contributed by atoms with Gasteiger partial charge in [-0.25, -0.2) is 9.67 Å². The lowest BCUT2D eigenvalue weighted by Crippen LogP contribution is -2.36. The van der Waals surface area contributed by atoms with Gasteiger partial charge >= 0.3 is 0 Å². The molecule has 8 nitrogen and oxygen atoms in total. The highest BCUT2D eigenvalue weighted by Crippen LogP contribution is 2.32. The van der Waals surface area contributed by atoms with Crippen LogP contribution in [0.1, 0.15) is 56.2 Å². The third-order valence-electron chi connectivity index (χ3n) is 4.56. The fraction of sp³-hybridized carbons (Fsp3) is 0.667. The summed E-state index contributed by atoms with van der Waals surface area (Å²) in [6.07, 6.45) is 4.55. The lowest BCUT2D eigenvalue weighted by Gasteiger charge is -2.20. The summed E-state index contributed by atoms with van der Waals surface area (Å²) in [7, 11) is 1.64. The topological polar surface area (TPSA) is 97.6 Å². The summed E-state index contributed by atoms with van der Waals surface area (Å²) in [6, 6.07) is 0.0197. The molecular formula is C15H22ClN7OS. The molecule has 1 saturated carbocycles. The van der Waals surface area contributed by atoms with Crippen molar-refractivity contribution in [1.29, 1.82) is 0 Å². The van der Waals surface area contributed by atoms with Crippen molar-refractivity contribution in [3.05, 3.63) is 21.4 Å². The standard InChI is InChI=1S/C15H22ClN7OS/c1-9(14(24)17-2)7-18-12(11-8-25-15(16)19-11)13-20-21-22-23(13)10-5-3-4-6-10/h8-10,12,18H,3-7H2,1-2H3,(H,17,24). The van der Waals surface area contributed by atoms with Crippen LogP contribution in [0.5, 0.6) is 0 Å². The van der Waals surface area contributed by atoms with Crippen LogP contribution in [-0.4, -0.2) is 44.7 Å². The van der Waals surface area contributed by atoms with Gasteiger partial charge in [-0.15, -0.1) is 16.4 Å². The second kappa shape index (κ2) is 8.20. The molecule has 0 aromatic carbocycles. The average Bonchev–Trinajstić information content (AvgIpc) is 3.35. The number of tetrazole rings is 1. The van der Waals surface area contributed by atoms with E-state index >= 15 is 0 Å². The average molecular weight is 384 g/mol. The summed E-state index contributed by atoms with van der Waals surface area (Å²) in [5.41, 5.74) is 0.771. The van der Waals surface area contributed by atoms with E-state index in [4.69, 9.17) is 11.6 Å². The first-order chi connectivity index (χ1) is 12.1. The quantitative estimate of drug-likeness (QED) is 0.758. The summed E-state index contributed by atoms with van der Waals surface area (Å²) in [6.45, 7) is 2.36. The number of nitrogens with zero attached hydrogens (tertiary/aromatic N) is 5. The Hall–Kier alpha value is -1.58. The molecule has 1 amide bonds. The number of hydrogen-bond donors (Lipinski definition) is 2. The van der Waals surface area contributed by atoms with Gasteiger partial charge < -0.3 is 10.6 Å². The third-order valence-corrected chi connectivity index (χ3v) is 5.56. The van der Waals surface area contributed by atoms with Gasteiger partial charge in [-0.3, -0.25) is 4.79 Å². The van der Waals surface area contributed by atoms with Crippen molar-refractivity contribution >= 4 is 28.8 Å². The van der Waals surface area contributed by atoms with Gasteiger partial charge in [0.15, 0.2) is 10.3 Å². The minimum Gasteiger partial charge on any atom is -0.359 e. The molecule has 2 N–H and O–H groups in total. The first-order valence-corrected chi connectivity index (χ1v) is 9.69. The predicted molar refractivity (Wildman–Crippen MR) is 95.5 cm³/mol. The van der Waals surface area contributed by atoms with Crippen molar-refractivity contribution in [2.75, 3.05) is 13.6 Å². The third kappa shape index (κ3) is 4.16. The Kier molecular flexibility index (Phi) is 5.98. The van der Waals surface area contributed by atoms with E-state index in [9.17, 15) is 4.79 Å². The molecule has 2 unspecified atom stereocenters. The molecule has 0 aliphatic heterocycles. The number of thiazole rings is 1. The summed E-state index contributed by atoms with van der Waals surface area (Å²) in [5.74, 6) is 0.522. The van der Waals surface area contributed by atoms with Crippen LogP contribution in [0.4, 0.5) is 0 Å². The van der Waals surface area contributed by atoms with Crippen LogP contribution in [0.25, 0.3) is 0 Å². The van der Waals surface area contributed by atoms with Crippen molar-refractivity contribution in [1.82, 2.24) is 35.8 Å². The normalized spacial score (nSPS) is 17.6. The maximum Gasteiger partial charge on any atom is 0.223 e. The fourth-order valence-corrected chi connectivity index (χ4v) is 3.95. The van der Waals surface area contributed by atoms with Gasteiger partial charge in [0.1, 0.15) is 6.04 Å². The minimum atomic E-state index is -0.300. The maximum absolute atomic E-state index is 11.8. The monoisotopic (exact) mass is 383 g/mol. The van der Waals surface area contributed by atoms with Crippen molar-refractivity contribution in [3.63, 3.8) is 0 Å². The summed E-state index contributed by atoms with van der Waals surface area (Å²) in [4.78, 5) is 16.2. The van der Waals surface area contributed by atoms with E-state index in [1.807, 2.05) is 17.0 Å². The predicted octanol–water partition coefficient (Wildman–Crippen LogP) is 1.96. The number of carbonyl (C=O) groups excluding carboxylic acids is 1. The largest absolute Gasteiger partial charge is 0.359 e. The summed E-state index contributed by atoms with van der Waals surface area (Å²) >= 11 is 7.40. The molecule has 0 bridgehead atoms. The molecular weight excluding hydrogens is 362 g/mol. The van der Waals surface area contributed by atoms with Gasteiger partial charge in [-0.1, -0.05) is 31.4 Å². The van der Waals surface area contributed by atoms with Crippen molar-refractivity contribution in [2.45, 2.75) is 44.7 Å². The van der Waals surface area contributed by atoms with Crippen LogP contribution in [0, 0.1) is 5.92 Å². The number of amides is 1. The molecule has 2 atom stereocenters. The molecule has 2 aromatic rings. The summed E-state index contributed by atoms with van der Waals surface area (Å²) in [5, 5.41) is 20.3. The van der Waals surface area contributed by atoms with Gasteiger partial charge in [0.2, 0.25) is 5.91 Å². The zero-order valence-electron chi connectivity index (χ0n) is 14.3. The maximum atomic E-state index is 11.8. The van der Waals surface area contributed by atoms with E-state index in [0.717, 1.165) is 24.4 Å². The Balaban J connectivity index is 1.84. The number of rotatable bonds is 7. The fourth-order valence-electron chi connectivity index (χ4n) is 3.16. The van der Waals surface area contributed by atoms with Gasteiger partial charge in [-0.05, 0) is 23.3 Å². The second-order valence-electron chi connectivity index (χ2n) is 6.30. The second-order valence-corrected chi connectivity index (χ2v) is 7.74. The van der Waals surface area contributed by atoms with Gasteiger partial charge in [0.25, 0.3) is 0 Å². The highest BCUT2D eigenvalue weighted by molar-refractivity contribution is 7.13. The molecule has 0 radical (unpaired) electrons. The Bertz CT molecular complexity index is 712. The van der Waals surface area contributed by atoms with Gasteiger partial charge in [-0.2, -0.15) is 0 Å². The Labute approximate surface area is 155 Å². The molecule has 0 saturated heterocycles. The SMILES string of the molecule is CNC(=O)C(C)CNC(c1csc(Cl)n1)c1nnnn1C1CCCC1. The van der Waals surface area contributed by atoms with E-state index in [-0.39, 0.29) is 17.9 Å². The minimum absolute atomic E-state index is 0.0158. The zero-order valence-corrected chi connectivity index (χ0v) is 15.8. The molecule has 2 aromatic heterocycles. The smallest absolute Gasteiger partial charge is 0.223 e. The van der Waals surface area contributed by atoms with Crippen LogP contribution in [0.3, 0.4) is 0 Å². The highest BCUT2D eigenvalue weighted by atomic mass is 35.5. The molecule has 3 rings (SSSR count). The zero-order chi connectivity index (χ0) is 17.8. The molecule has 1 aliphatic rings. The molecule has 10 heteroatoms. The first kappa shape index (κ1) is 18.2. The van der Waals surface area contributed by atoms with Crippen LogP contribution >= 0.6 is 22.9 Å². The number of hydrogen-bond acceptors (Lipinski definition) is 7. The number of halogens is 1. The molecule has 136 valence electrons. The van der Waals surface area contributed by atoms with E-state index < -0.39 is 0 Å². The van der Waals surface area contributed by atoms with Crippen LogP contribution in [0.2, 0.25) is 4.47 Å². The van der Waals surface area contributed by atoms with E-state index in [0.29, 0.717) is 17.1 Å². The van der Waals surface area contributed by atoms with Crippen molar-refractivity contribution in [3.8, 4) is 0 Å². The van der Waals surface area contributed by atoms with Crippen LogP contribution in [-0.2, 0) is 4.79 Å².